The maximum Gasteiger partial charge on any atom is 0.253 e. The second-order valence-electron chi connectivity index (χ2n) is 4.70. The number of likely N-dealkylation sites (N-methyl/N-ethyl adjacent to an activating group) is 1. The molecule has 0 aliphatic heterocycles. The van der Waals surface area contributed by atoms with Gasteiger partial charge in [0.1, 0.15) is 5.69 Å². The highest BCUT2D eigenvalue weighted by molar-refractivity contribution is 6.42. The predicted octanol–water partition coefficient (Wildman–Crippen LogP) is 4.02. The summed E-state index contributed by atoms with van der Waals surface area (Å²) >= 11 is 11.5. The van der Waals surface area contributed by atoms with E-state index in [1.54, 1.807) is 0 Å². The highest BCUT2D eigenvalue weighted by Crippen LogP contribution is 2.26. The summed E-state index contributed by atoms with van der Waals surface area (Å²) in [6, 6.07) is 4.27. The van der Waals surface area contributed by atoms with Crippen LogP contribution in [-0.2, 0) is 4.79 Å². The molecule has 1 amide bonds. The number of halogens is 6. The Bertz CT molecular complexity index is 778. The molecule has 0 radical (unpaired) electrons. The van der Waals surface area contributed by atoms with Gasteiger partial charge in [-0.2, -0.15) is 22.5 Å². The number of aromatic nitrogens is 1. The molecule has 2 rings (SSSR count). The zero-order chi connectivity index (χ0) is 18.0. The largest absolute Gasteiger partial charge is 0.360 e. The Hall–Kier alpha value is -2.06. The third-order valence-electron chi connectivity index (χ3n) is 2.94. The van der Waals surface area contributed by atoms with Crippen molar-refractivity contribution in [2.45, 2.75) is 0 Å². The lowest BCUT2D eigenvalue weighted by molar-refractivity contribution is -0.114. The molecule has 1 aromatic carbocycles. The summed E-state index contributed by atoms with van der Waals surface area (Å²) in [6.45, 7) is -0.586. The minimum atomic E-state index is -1.80. The van der Waals surface area contributed by atoms with Crippen molar-refractivity contribution in [1.29, 1.82) is 0 Å². The average molecular weight is 382 g/mol. The van der Waals surface area contributed by atoms with Gasteiger partial charge in [0.15, 0.2) is 0 Å². The monoisotopic (exact) mass is 381 g/mol. The van der Waals surface area contributed by atoms with Crippen LogP contribution in [0.1, 0.15) is 0 Å². The van der Waals surface area contributed by atoms with E-state index in [0.717, 1.165) is 7.05 Å². The molecule has 128 valence electrons. The number of carbonyl (C=O) groups is 1. The van der Waals surface area contributed by atoms with Crippen LogP contribution in [0.2, 0.25) is 10.0 Å². The van der Waals surface area contributed by atoms with E-state index in [1.165, 1.54) is 18.2 Å². The first-order valence-corrected chi connectivity index (χ1v) is 7.12. The van der Waals surface area contributed by atoms with Crippen molar-refractivity contribution in [2.75, 3.05) is 23.8 Å². The molecule has 1 N–H and O–H groups in total. The SMILES string of the molecule is CN(CC(=O)Nc1ccc(Cl)c(Cl)c1)c1c(F)c(F)nc(F)c1F. The van der Waals surface area contributed by atoms with Crippen LogP contribution in [0.25, 0.3) is 0 Å². The van der Waals surface area contributed by atoms with Crippen LogP contribution >= 0.6 is 23.2 Å². The lowest BCUT2D eigenvalue weighted by Gasteiger charge is -2.20. The quantitative estimate of drug-likeness (QED) is 0.642. The van der Waals surface area contributed by atoms with E-state index in [9.17, 15) is 22.4 Å². The summed E-state index contributed by atoms with van der Waals surface area (Å²) in [4.78, 5) is 15.1. The first kappa shape index (κ1) is 18.3. The smallest absolute Gasteiger partial charge is 0.253 e. The Morgan fingerprint density at radius 3 is 2.25 bits per heavy atom. The van der Waals surface area contributed by atoms with E-state index in [0.29, 0.717) is 4.90 Å². The van der Waals surface area contributed by atoms with Gasteiger partial charge in [0.2, 0.25) is 17.5 Å². The molecule has 0 spiro atoms. The van der Waals surface area contributed by atoms with Gasteiger partial charge >= 0.3 is 0 Å². The van der Waals surface area contributed by atoms with Crippen molar-refractivity contribution in [3.63, 3.8) is 0 Å². The standard InChI is InChI=1S/C14H9Cl2F4N3O/c1-23(12-10(17)13(19)22-14(20)11(12)18)5-9(24)21-6-2-3-7(15)8(16)4-6/h2-4H,5H2,1H3,(H,21,24). The Kier molecular flexibility index (Phi) is 5.51. The molecule has 0 unspecified atom stereocenters. The summed E-state index contributed by atoms with van der Waals surface area (Å²) < 4.78 is 53.4. The van der Waals surface area contributed by atoms with Gasteiger partial charge in [-0.25, -0.2) is 0 Å². The fourth-order valence-electron chi connectivity index (χ4n) is 1.88. The van der Waals surface area contributed by atoms with E-state index in [2.05, 4.69) is 10.3 Å². The van der Waals surface area contributed by atoms with Crippen LogP contribution in [0.5, 0.6) is 0 Å². The molecule has 24 heavy (non-hydrogen) atoms. The number of carbonyl (C=O) groups excluding carboxylic acids is 1. The Morgan fingerprint density at radius 2 is 1.71 bits per heavy atom. The van der Waals surface area contributed by atoms with Crippen LogP contribution in [0.15, 0.2) is 18.2 Å². The van der Waals surface area contributed by atoms with Crippen molar-refractivity contribution in [3.8, 4) is 0 Å². The Balaban J connectivity index is 2.16. The number of nitrogens with zero attached hydrogens (tertiary/aromatic N) is 2. The Labute approximate surface area is 144 Å². The van der Waals surface area contributed by atoms with Crippen LogP contribution in [0.3, 0.4) is 0 Å². The molecule has 4 nitrogen and oxygen atoms in total. The summed E-state index contributed by atoms with van der Waals surface area (Å²) in [5.74, 6) is -7.70. The van der Waals surface area contributed by atoms with Gasteiger partial charge in [0.05, 0.1) is 16.6 Å². The molecule has 0 bridgehead atoms. The fraction of sp³-hybridized carbons (Fsp3) is 0.143. The van der Waals surface area contributed by atoms with Gasteiger partial charge in [-0.3, -0.25) is 4.79 Å². The summed E-state index contributed by atoms with van der Waals surface area (Å²) in [5.41, 5.74) is -0.750. The predicted molar refractivity (Wildman–Crippen MR) is 82.4 cm³/mol. The third-order valence-corrected chi connectivity index (χ3v) is 3.68. The molecule has 1 heterocycles. The zero-order valence-corrected chi connectivity index (χ0v) is 13.5. The topological polar surface area (TPSA) is 45.2 Å². The van der Waals surface area contributed by atoms with Crippen LogP contribution in [-0.4, -0.2) is 24.5 Å². The number of amides is 1. The number of anilines is 2. The second kappa shape index (κ2) is 7.23. The first-order chi connectivity index (χ1) is 11.2. The number of rotatable bonds is 4. The van der Waals surface area contributed by atoms with Crippen molar-refractivity contribution < 1.29 is 22.4 Å². The second-order valence-corrected chi connectivity index (χ2v) is 5.52. The van der Waals surface area contributed by atoms with E-state index < -0.39 is 41.7 Å². The Morgan fingerprint density at radius 1 is 1.12 bits per heavy atom. The van der Waals surface area contributed by atoms with Gasteiger partial charge < -0.3 is 10.2 Å². The highest BCUT2D eigenvalue weighted by Gasteiger charge is 2.24. The molecule has 2 aromatic rings. The van der Waals surface area contributed by atoms with Crippen LogP contribution in [0.4, 0.5) is 28.9 Å². The van der Waals surface area contributed by atoms with Crippen molar-refractivity contribution >= 4 is 40.5 Å². The van der Waals surface area contributed by atoms with Crippen molar-refractivity contribution in [2.24, 2.45) is 0 Å². The number of hydrogen-bond acceptors (Lipinski definition) is 3. The molecule has 0 saturated heterocycles. The van der Waals surface area contributed by atoms with E-state index in [-0.39, 0.29) is 15.7 Å². The van der Waals surface area contributed by atoms with Crippen molar-refractivity contribution in [3.05, 3.63) is 51.8 Å². The first-order valence-electron chi connectivity index (χ1n) is 6.36. The van der Waals surface area contributed by atoms with Crippen LogP contribution in [0, 0.1) is 23.5 Å². The summed E-state index contributed by atoms with van der Waals surface area (Å²) in [7, 11) is 1.09. The zero-order valence-electron chi connectivity index (χ0n) is 12.0. The minimum absolute atomic E-state index is 0.193. The lowest BCUT2D eigenvalue weighted by Crippen LogP contribution is -2.32. The molecule has 0 aliphatic carbocycles. The number of benzene rings is 1. The average Bonchev–Trinajstić information content (AvgIpc) is 2.49. The molecule has 0 saturated carbocycles. The maximum atomic E-state index is 13.6. The number of hydrogen-bond donors (Lipinski definition) is 1. The van der Waals surface area contributed by atoms with E-state index in [4.69, 9.17) is 23.2 Å². The number of nitrogens with one attached hydrogen (secondary N) is 1. The van der Waals surface area contributed by atoms with Gasteiger partial charge in [0.25, 0.3) is 11.9 Å². The maximum absolute atomic E-state index is 13.6. The molecule has 10 heteroatoms. The minimum Gasteiger partial charge on any atom is -0.360 e. The van der Waals surface area contributed by atoms with Crippen molar-refractivity contribution in [1.82, 2.24) is 4.98 Å². The summed E-state index contributed by atoms with van der Waals surface area (Å²) in [5, 5.41) is 2.88. The number of pyridine rings is 1. The van der Waals surface area contributed by atoms with Crippen LogP contribution < -0.4 is 10.2 Å². The van der Waals surface area contributed by atoms with Gasteiger partial charge in [-0.1, -0.05) is 23.2 Å². The molecular weight excluding hydrogens is 373 g/mol. The van der Waals surface area contributed by atoms with E-state index >= 15 is 0 Å². The summed E-state index contributed by atoms with van der Waals surface area (Å²) in [6.07, 6.45) is 0. The molecule has 0 atom stereocenters. The molecule has 0 fully saturated rings. The molecular formula is C14H9Cl2F4N3O. The lowest BCUT2D eigenvalue weighted by atomic mass is 10.3. The van der Waals surface area contributed by atoms with Gasteiger partial charge in [-0.15, -0.1) is 0 Å². The molecule has 0 aliphatic rings. The highest BCUT2D eigenvalue weighted by atomic mass is 35.5. The van der Waals surface area contributed by atoms with Gasteiger partial charge in [0, 0.05) is 12.7 Å². The normalized spacial score (nSPS) is 10.6. The molecule has 1 aromatic heterocycles. The van der Waals surface area contributed by atoms with E-state index in [1.807, 2.05) is 0 Å². The fourth-order valence-corrected chi connectivity index (χ4v) is 2.18. The third kappa shape index (κ3) is 3.88. The van der Waals surface area contributed by atoms with Gasteiger partial charge in [-0.05, 0) is 18.2 Å².